The second-order valence-corrected chi connectivity index (χ2v) is 5.85. The van der Waals surface area contributed by atoms with Gasteiger partial charge in [0.25, 0.3) is 0 Å². The van der Waals surface area contributed by atoms with Crippen LogP contribution in [0.3, 0.4) is 0 Å². The van der Waals surface area contributed by atoms with E-state index in [0.29, 0.717) is 22.6 Å². The van der Waals surface area contributed by atoms with E-state index >= 15 is 0 Å². The Morgan fingerprint density at radius 1 is 1.08 bits per heavy atom. The van der Waals surface area contributed by atoms with Crippen LogP contribution < -0.4 is 4.90 Å². The first-order valence-corrected chi connectivity index (χ1v) is 7.88. The topological polar surface area (TPSA) is 18.8 Å². The minimum atomic E-state index is -0.401. The molecule has 0 saturated heterocycles. The fraction of sp³-hybridized carbons (Fsp3) is 0.316. The molecule has 0 aliphatic heterocycles. The van der Waals surface area contributed by atoms with E-state index in [1.54, 1.807) is 43.4 Å². The second kappa shape index (κ2) is 7.43. The number of hydrogen-bond donors (Lipinski definition) is 0. The van der Waals surface area contributed by atoms with Crippen molar-refractivity contribution in [3.63, 3.8) is 0 Å². The van der Waals surface area contributed by atoms with Crippen molar-refractivity contribution in [2.24, 2.45) is 4.99 Å². The van der Waals surface area contributed by atoms with Crippen LogP contribution in [0.15, 0.2) is 35.3 Å². The SMILES string of the molecule is CCN(C)C=Nc1cc(F)cc(N(C)c2cccc(C)c2F)c1C. The summed E-state index contributed by atoms with van der Waals surface area (Å²) < 4.78 is 28.5. The summed E-state index contributed by atoms with van der Waals surface area (Å²) in [5, 5.41) is 0. The van der Waals surface area contributed by atoms with Crippen LogP contribution in [0, 0.1) is 25.5 Å². The summed E-state index contributed by atoms with van der Waals surface area (Å²) in [5.74, 6) is -0.707. The van der Waals surface area contributed by atoms with Crippen molar-refractivity contribution in [3.8, 4) is 0 Å². The van der Waals surface area contributed by atoms with Crippen molar-refractivity contribution in [1.29, 1.82) is 0 Å². The van der Waals surface area contributed by atoms with Crippen molar-refractivity contribution in [2.45, 2.75) is 20.8 Å². The molecule has 0 spiro atoms. The van der Waals surface area contributed by atoms with Gasteiger partial charge in [0, 0.05) is 26.3 Å². The molecule has 3 nitrogen and oxygen atoms in total. The van der Waals surface area contributed by atoms with E-state index in [1.807, 2.05) is 25.8 Å². The largest absolute Gasteiger partial charge is 0.366 e. The van der Waals surface area contributed by atoms with Gasteiger partial charge in [-0.15, -0.1) is 0 Å². The first kappa shape index (κ1) is 17.9. The summed E-state index contributed by atoms with van der Waals surface area (Å²) in [6, 6.07) is 7.97. The number of aliphatic imine (C=N–C) groups is 1. The minimum Gasteiger partial charge on any atom is -0.366 e. The molecule has 0 fully saturated rings. The highest BCUT2D eigenvalue weighted by Crippen LogP contribution is 2.35. The average Bonchev–Trinajstić information content (AvgIpc) is 2.56. The van der Waals surface area contributed by atoms with Gasteiger partial charge in [-0.2, -0.15) is 0 Å². The third-order valence-corrected chi connectivity index (χ3v) is 4.10. The fourth-order valence-electron chi connectivity index (χ4n) is 2.40. The Balaban J connectivity index is 2.48. The van der Waals surface area contributed by atoms with E-state index in [0.717, 1.165) is 12.1 Å². The van der Waals surface area contributed by atoms with Crippen LogP contribution in [-0.2, 0) is 0 Å². The molecule has 0 amide bonds. The molecule has 0 radical (unpaired) electrons. The van der Waals surface area contributed by atoms with Gasteiger partial charge in [-0.05, 0) is 50.1 Å². The number of anilines is 2. The van der Waals surface area contributed by atoms with Gasteiger partial charge >= 0.3 is 0 Å². The zero-order valence-corrected chi connectivity index (χ0v) is 14.8. The van der Waals surface area contributed by atoms with Crippen LogP contribution in [0.2, 0.25) is 0 Å². The van der Waals surface area contributed by atoms with Crippen LogP contribution in [0.5, 0.6) is 0 Å². The Morgan fingerprint density at radius 3 is 2.46 bits per heavy atom. The van der Waals surface area contributed by atoms with Crippen molar-refractivity contribution in [2.75, 3.05) is 25.5 Å². The molecule has 0 saturated carbocycles. The number of hydrogen-bond acceptors (Lipinski definition) is 2. The molecule has 0 aromatic heterocycles. The lowest BCUT2D eigenvalue weighted by Gasteiger charge is -2.23. The second-order valence-electron chi connectivity index (χ2n) is 5.85. The molecule has 0 heterocycles. The number of aryl methyl sites for hydroxylation is 1. The molecule has 0 atom stereocenters. The molecule has 0 aliphatic rings. The Bertz CT molecular complexity index is 757. The van der Waals surface area contributed by atoms with Crippen LogP contribution in [0.4, 0.5) is 25.8 Å². The van der Waals surface area contributed by atoms with E-state index in [9.17, 15) is 8.78 Å². The van der Waals surface area contributed by atoms with Gasteiger partial charge in [-0.25, -0.2) is 13.8 Å². The van der Waals surface area contributed by atoms with E-state index in [2.05, 4.69) is 4.99 Å². The van der Waals surface area contributed by atoms with Gasteiger partial charge < -0.3 is 9.80 Å². The predicted molar refractivity (Wildman–Crippen MR) is 96.8 cm³/mol. The van der Waals surface area contributed by atoms with Gasteiger partial charge in [-0.3, -0.25) is 0 Å². The first-order valence-electron chi connectivity index (χ1n) is 7.88. The van der Waals surface area contributed by atoms with Crippen LogP contribution in [-0.4, -0.2) is 31.9 Å². The smallest absolute Gasteiger partial charge is 0.149 e. The van der Waals surface area contributed by atoms with E-state index in [4.69, 9.17) is 0 Å². The van der Waals surface area contributed by atoms with Crippen LogP contribution >= 0.6 is 0 Å². The lowest BCUT2D eigenvalue weighted by atomic mass is 10.1. The molecule has 24 heavy (non-hydrogen) atoms. The van der Waals surface area contributed by atoms with Crippen LogP contribution in [0.25, 0.3) is 0 Å². The monoisotopic (exact) mass is 331 g/mol. The summed E-state index contributed by atoms with van der Waals surface area (Å²) >= 11 is 0. The molecule has 0 bridgehead atoms. The van der Waals surface area contributed by atoms with Crippen molar-refractivity contribution in [3.05, 3.63) is 53.1 Å². The van der Waals surface area contributed by atoms with Crippen molar-refractivity contribution < 1.29 is 8.78 Å². The number of benzene rings is 2. The highest BCUT2D eigenvalue weighted by atomic mass is 19.1. The number of halogens is 2. The Hall–Kier alpha value is -2.43. The normalized spacial score (nSPS) is 11.1. The van der Waals surface area contributed by atoms with Crippen molar-refractivity contribution >= 4 is 23.4 Å². The van der Waals surface area contributed by atoms with Crippen molar-refractivity contribution in [1.82, 2.24) is 4.90 Å². The molecule has 0 N–H and O–H groups in total. The number of rotatable bonds is 5. The molecule has 128 valence electrons. The molecule has 0 unspecified atom stereocenters. The highest BCUT2D eigenvalue weighted by molar-refractivity contribution is 5.74. The lowest BCUT2D eigenvalue weighted by molar-refractivity contribution is 0.552. The summed E-state index contributed by atoms with van der Waals surface area (Å²) in [6.45, 7) is 6.38. The average molecular weight is 331 g/mol. The summed E-state index contributed by atoms with van der Waals surface area (Å²) in [5.41, 5.74) is 2.87. The quantitative estimate of drug-likeness (QED) is 0.569. The maximum atomic E-state index is 14.4. The fourth-order valence-corrected chi connectivity index (χ4v) is 2.40. The third-order valence-electron chi connectivity index (χ3n) is 4.10. The molecular weight excluding hydrogens is 308 g/mol. The maximum Gasteiger partial charge on any atom is 0.149 e. The van der Waals surface area contributed by atoms with Gasteiger partial charge in [0.2, 0.25) is 0 Å². The van der Waals surface area contributed by atoms with E-state index < -0.39 is 5.82 Å². The zero-order valence-electron chi connectivity index (χ0n) is 14.8. The molecule has 5 heteroatoms. The van der Waals surface area contributed by atoms with Gasteiger partial charge in [0.05, 0.1) is 17.7 Å². The van der Waals surface area contributed by atoms with E-state index in [-0.39, 0.29) is 5.82 Å². The standard InChI is InChI=1S/C19H23F2N3/c1-6-23(4)12-22-16-10-15(20)11-18(14(16)3)24(5)17-9-7-8-13(2)19(17)21/h7-12H,6H2,1-5H3. The van der Waals surface area contributed by atoms with Crippen LogP contribution in [0.1, 0.15) is 18.1 Å². The van der Waals surface area contributed by atoms with Gasteiger partial charge in [-0.1, -0.05) is 12.1 Å². The van der Waals surface area contributed by atoms with Gasteiger partial charge in [0.1, 0.15) is 11.6 Å². The first-order chi connectivity index (χ1) is 11.3. The van der Waals surface area contributed by atoms with Gasteiger partial charge in [0.15, 0.2) is 0 Å². The Kier molecular flexibility index (Phi) is 5.54. The summed E-state index contributed by atoms with van der Waals surface area (Å²) in [4.78, 5) is 7.91. The molecule has 2 aromatic carbocycles. The maximum absolute atomic E-state index is 14.4. The molecular formula is C19H23F2N3. The Labute approximate surface area is 142 Å². The van der Waals surface area contributed by atoms with E-state index in [1.165, 1.54) is 12.1 Å². The lowest BCUT2D eigenvalue weighted by Crippen LogP contribution is -2.15. The number of nitrogens with zero attached hydrogens (tertiary/aromatic N) is 3. The molecule has 0 aliphatic carbocycles. The molecule has 2 aromatic rings. The third kappa shape index (κ3) is 3.72. The highest BCUT2D eigenvalue weighted by Gasteiger charge is 2.16. The zero-order chi connectivity index (χ0) is 17.9. The Morgan fingerprint density at radius 2 is 1.79 bits per heavy atom. The predicted octanol–water partition coefficient (Wildman–Crippen LogP) is 4.96. The molecule has 2 rings (SSSR count). The summed E-state index contributed by atoms with van der Waals surface area (Å²) in [6.07, 6.45) is 1.67. The summed E-state index contributed by atoms with van der Waals surface area (Å²) in [7, 11) is 3.62. The minimum absolute atomic E-state index is 0.306.